The van der Waals surface area contributed by atoms with E-state index in [2.05, 4.69) is 34.8 Å². The Bertz CT molecular complexity index is 277. The van der Waals surface area contributed by atoms with Crippen molar-refractivity contribution in [2.75, 3.05) is 5.32 Å². The van der Waals surface area contributed by atoms with Crippen LogP contribution in [-0.2, 0) is 0 Å². The van der Waals surface area contributed by atoms with Gasteiger partial charge in [0.05, 0.1) is 11.7 Å². The number of anilines is 1. The minimum Gasteiger partial charge on any atom is -0.364 e. The summed E-state index contributed by atoms with van der Waals surface area (Å²) in [6, 6.07) is 0.395. The first-order valence-corrected chi connectivity index (χ1v) is 5.98. The largest absolute Gasteiger partial charge is 0.364 e. The van der Waals surface area contributed by atoms with Crippen LogP contribution in [0.5, 0.6) is 0 Å². The highest BCUT2D eigenvalue weighted by Crippen LogP contribution is 2.20. The molecule has 1 aromatic rings. The molecule has 2 unspecified atom stereocenters. The normalized spacial score (nSPS) is 15.1. The monoisotopic (exact) mass is 233 g/mol. The molecule has 0 aliphatic carbocycles. The maximum Gasteiger partial charge on any atom is 0.186 e. The van der Waals surface area contributed by atoms with E-state index in [9.17, 15) is 0 Å². The summed E-state index contributed by atoms with van der Waals surface area (Å²) in [6.45, 7) is 6.59. The topological polar surface area (TPSA) is 37.8 Å². The smallest absolute Gasteiger partial charge is 0.186 e. The lowest BCUT2D eigenvalue weighted by Gasteiger charge is -2.16. The van der Waals surface area contributed by atoms with E-state index in [1.807, 2.05) is 0 Å². The minimum absolute atomic E-state index is 0.395. The zero-order valence-corrected chi connectivity index (χ0v) is 10.3. The van der Waals surface area contributed by atoms with E-state index in [1.165, 1.54) is 6.42 Å². The number of hydrogen-bond donors (Lipinski definition) is 1. The molecule has 0 fully saturated rings. The summed E-state index contributed by atoms with van der Waals surface area (Å²) in [4.78, 5) is 0. The van der Waals surface area contributed by atoms with Crippen molar-refractivity contribution in [2.24, 2.45) is 5.92 Å². The van der Waals surface area contributed by atoms with Gasteiger partial charge in [-0.2, -0.15) is 8.75 Å². The molecule has 0 aliphatic heterocycles. The maximum atomic E-state index is 5.83. The minimum atomic E-state index is 0.395. The zero-order valence-electron chi connectivity index (χ0n) is 8.75. The molecule has 80 valence electrons. The summed E-state index contributed by atoms with van der Waals surface area (Å²) in [5.74, 6) is 1.44. The summed E-state index contributed by atoms with van der Waals surface area (Å²) < 4.78 is 7.98. The molecular formula is C9H16ClN3S. The van der Waals surface area contributed by atoms with Gasteiger partial charge >= 0.3 is 0 Å². The average molecular weight is 234 g/mol. The lowest BCUT2D eigenvalue weighted by atomic mass is 10.0. The Morgan fingerprint density at radius 3 is 2.64 bits per heavy atom. The molecule has 0 aliphatic rings. The van der Waals surface area contributed by atoms with E-state index in [0.717, 1.165) is 24.1 Å². The molecule has 0 bridgehead atoms. The van der Waals surface area contributed by atoms with Crippen molar-refractivity contribution in [1.29, 1.82) is 0 Å². The first kappa shape index (κ1) is 11.7. The van der Waals surface area contributed by atoms with E-state index >= 15 is 0 Å². The Morgan fingerprint density at radius 2 is 2.14 bits per heavy atom. The molecule has 1 heterocycles. The number of rotatable bonds is 5. The van der Waals surface area contributed by atoms with E-state index in [0.29, 0.717) is 17.0 Å². The Kier molecular flexibility index (Phi) is 4.62. The molecule has 0 saturated carbocycles. The predicted molar refractivity (Wildman–Crippen MR) is 62.1 cm³/mol. The highest BCUT2D eigenvalue weighted by atomic mass is 35.5. The molecule has 3 nitrogen and oxygen atoms in total. The third kappa shape index (κ3) is 3.42. The van der Waals surface area contributed by atoms with Gasteiger partial charge in [-0.1, -0.05) is 31.9 Å². The maximum absolute atomic E-state index is 5.83. The van der Waals surface area contributed by atoms with Crippen LogP contribution >= 0.6 is 23.3 Å². The molecule has 1 N–H and O–H groups in total. The molecular weight excluding hydrogens is 218 g/mol. The Hall–Kier alpha value is -0.350. The van der Waals surface area contributed by atoms with Crippen molar-refractivity contribution in [3.05, 3.63) is 5.15 Å². The SMILES string of the molecule is CCC(C)CC(C)Nc1nsnc1Cl. The third-order valence-corrected chi connectivity index (χ3v) is 3.18. The fourth-order valence-corrected chi connectivity index (χ4v) is 1.99. The van der Waals surface area contributed by atoms with Crippen molar-refractivity contribution in [3.63, 3.8) is 0 Å². The number of nitrogens with one attached hydrogen (secondary N) is 1. The van der Waals surface area contributed by atoms with Gasteiger partial charge in [-0.05, 0) is 19.3 Å². The van der Waals surface area contributed by atoms with Crippen LogP contribution in [0.3, 0.4) is 0 Å². The van der Waals surface area contributed by atoms with Gasteiger partial charge in [-0.15, -0.1) is 0 Å². The van der Waals surface area contributed by atoms with Crippen molar-refractivity contribution in [1.82, 2.24) is 8.75 Å². The van der Waals surface area contributed by atoms with Gasteiger partial charge in [0.25, 0.3) is 0 Å². The van der Waals surface area contributed by atoms with Gasteiger partial charge in [0.15, 0.2) is 11.0 Å². The van der Waals surface area contributed by atoms with Gasteiger partial charge < -0.3 is 5.32 Å². The van der Waals surface area contributed by atoms with Gasteiger partial charge in [0.1, 0.15) is 0 Å². The highest BCUT2D eigenvalue weighted by molar-refractivity contribution is 6.99. The number of halogens is 1. The van der Waals surface area contributed by atoms with E-state index in [1.54, 1.807) is 0 Å². The fourth-order valence-electron chi connectivity index (χ4n) is 1.33. The summed E-state index contributed by atoms with van der Waals surface area (Å²) in [5, 5.41) is 3.74. The quantitative estimate of drug-likeness (QED) is 0.847. The molecule has 0 spiro atoms. The number of aromatic nitrogens is 2. The lowest BCUT2D eigenvalue weighted by Crippen LogP contribution is -2.18. The predicted octanol–water partition coefficient (Wildman–Crippen LogP) is 3.43. The van der Waals surface area contributed by atoms with Crippen molar-refractivity contribution >= 4 is 29.1 Å². The fraction of sp³-hybridized carbons (Fsp3) is 0.778. The number of nitrogens with zero attached hydrogens (tertiary/aromatic N) is 2. The number of hydrogen-bond acceptors (Lipinski definition) is 4. The van der Waals surface area contributed by atoms with Crippen LogP contribution in [0.2, 0.25) is 5.15 Å². The Morgan fingerprint density at radius 1 is 1.43 bits per heavy atom. The van der Waals surface area contributed by atoms with Crippen LogP contribution in [0.25, 0.3) is 0 Å². The molecule has 5 heteroatoms. The lowest BCUT2D eigenvalue weighted by molar-refractivity contribution is 0.483. The Balaban J connectivity index is 2.41. The molecule has 14 heavy (non-hydrogen) atoms. The van der Waals surface area contributed by atoms with E-state index in [-0.39, 0.29) is 0 Å². The summed E-state index contributed by atoms with van der Waals surface area (Å²) >= 11 is 6.97. The standard InChI is InChI=1S/C9H16ClN3S/c1-4-6(2)5-7(3)11-9-8(10)12-14-13-9/h6-7H,4-5H2,1-3H3,(H,11,13). The van der Waals surface area contributed by atoms with Crippen LogP contribution in [0.1, 0.15) is 33.6 Å². The molecule has 2 atom stereocenters. The molecule has 0 saturated heterocycles. The first-order chi connectivity index (χ1) is 6.63. The first-order valence-electron chi connectivity index (χ1n) is 4.88. The molecule has 0 aromatic carbocycles. The second kappa shape index (κ2) is 5.51. The summed E-state index contributed by atoms with van der Waals surface area (Å²) in [7, 11) is 0. The van der Waals surface area contributed by atoms with Crippen molar-refractivity contribution in [2.45, 2.75) is 39.7 Å². The van der Waals surface area contributed by atoms with Crippen LogP contribution in [0.15, 0.2) is 0 Å². The van der Waals surface area contributed by atoms with Gasteiger partial charge in [-0.3, -0.25) is 0 Å². The van der Waals surface area contributed by atoms with Crippen LogP contribution < -0.4 is 5.32 Å². The van der Waals surface area contributed by atoms with Crippen LogP contribution in [-0.4, -0.2) is 14.8 Å². The molecule has 0 amide bonds. The zero-order chi connectivity index (χ0) is 10.6. The third-order valence-electron chi connectivity index (χ3n) is 2.28. The van der Waals surface area contributed by atoms with Gasteiger partial charge in [0, 0.05) is 6.04 Å². The summed E-state index contributed by atoms with van der Waals surface area (Å²) in [5.41, 5.74) is 0. The van der Waals surface area contributed by atoms with Crippen LogP contribution in [0.4, 0.5) is 5.82 Å². The Labute approximate surface area is 94.2 Å². The van der Waals surface area contributed by atoms with Crippen molar-refractivity contribution < 1.29 is 0 Å². The second-order valence-electron chi connectivity index (χ2n) is 3.70. The highest BCUT2D eigenvalue weighted by Gasteiger charge is 2.11. The van der Waals surface area contributed by atoms with Gasteiger partial charge in [0.2, 0.25) is 0 Å². The van der Waals surface area contributed by atoms with E-state index < -0.39 is 0 Å². The molecule has 0 radical (unpaired) electrons. The molecule has 1 rings (SSSR count). The van der Waals surface area contributed by atoms with E-state index in [4.69, 9.17) is 11.6 Å². The summed E-state index contributed by atoms with van der Waals surface area (Å²) in [6.07, 6.45) is 2.33. The van der Waals surface area contributed by atoms with Crippen molar-refractivity contribution in [3.8, 4) is 0 Å². The average Bonchev–Trinajstić information content (AvgIpc) is 2.51. The van der Waals surface area contributed by atoms with Gasteiger partial charge in [-0.25, -0.2) is 0 Å². The molecule has 1 aromatic heterocycles. The second-order valence-corrected chi connectivity index (χ2v) is 4.58. The van der Waals surface area contributed by atoms with Crippen LogP contribution in [0, 0.1) is 5.92 Å².